The third-order valence-electron chi connectivity index (χ3n) is 1.87. The maximum atomic E-state index is 12.3. The molecule has 0 bridgehead atoms. The summed E-state index contributed by atoms with van der Waals surface area (Å²) in [4.78, 5) is 17.0. The van der Waals surface area contributed by atoms with E-state index in [2.05, 4.69) is 15.1 Å². The molecule has 9 heteroatoms. The quantitative estimate of drug-likeness (QED) is 0.851. The van der Waals surface area contributed by atoms with Crippen molar-refractivity contribution in [2.45, 2.75) is 6.18 Å². The van der Waals surface area contributed by atoms with Crippen LogP contribution in [0.15, 0.2) is 23.4 Å². The van der Waals surface area contributed by atoms with Crippen LogP contribution in [0.5, 0.6) is 0 Å². The molecule has 0 unspecified atom stereocenters. The summed E-state index contributed by atoms with van der Waals surface area (Å²) in [6, 6.07) is 0.763. The number of nitrogens with zero attached hydrogens (tertiary/aromatic N) is 3. The van der Waals surface area contributed by atoms with Gasteiger partial charge in [-0.25, -0.2) is 9.67 Å². The van der Waals surface area contributed by atoms with E-state index in [1.807, 2.05) is 0 Å². The first kappa shape index (κ1) is 11.6. The molecule has 0 aliphatic heterocycles. The smallest absolute Gasteiger partial charge is 0.312 e. The Hall–Kier alpha value is -1.83. The lowest BCUT2D eigenvalue weighted by atomic mass is 10.4. The van der Waals surface area contributed by atoms with Crippen molar-refractivity contribution < 1.29 is 13.2 Å². The summed E-state index contributed by atoms with van der Waals surface area (Å²) in [5.41, 5.74) is -1.74. The van der Waals surface area contributed by atoms with E-state index in [1.165, 1.54) is 0 Å². The zero-order valence-electron chi connectivity index (χ0n) is 7.99. The monoisotopic (exact) mass is 264 g/mol. The van der Waals surface area contributed by atoms with Gasteiger partial charge in [-0.2, -0.15) is 18.3 Å². The van der Waals surface area contributed by atoms with Crippen molar-refractivity contribution in [1.29, 1.82) is 0 Å². The molecule has 5 nitrogen and oxygen atoms in total. The summed E-state index contributed by atoms with van der Waals surface area (Å²) in [6.45, 7) is 0. The predicted octanol–water partition coefficient (Wildman–Crippen LogP) is 1.63. The summed E-state index contributed by atoms with van der Waals surface area (Å²) in [5.74, 6) is -0.161. The van der Waals surface area contributed by atoms with E-state index in [9.17, 15) is 18.0 Å². The van der Waals surface area contributed by atoms with Crippen molar-refractivity contribution in [3.8, 4) is 5.82 Å². The van der Waals surface area contributed by atoms with E-state index >= 15 is 0 Å². The molecular formula is C8H4ClF3N4O. The van der Waals surface area contributed by atoms with Crippen LogP contribution in [-0.4, -0.2) is 19.7 Å². The molecule has 2 aromatic rings. The van der Waals surface area contributed by atoms with Gasteiger partial charge in [0.1, 0.15) is 0 Å². The number of halogens is 4. The average Bonchev–Trinajstić information content (AvgIpc) is 2.70. The molecular weight excluding hydrogens is 261 g/mol. The minimum absolute atomic E-state index is 0.161. The Bertz CT molecular complexity index is 603. The van der Waals surface area contributed by atoms with Crippen molar-refractivity contribution in [3.63, 3.8) is 0 Å². The van der Waals surface area contributed by atoms with Gasteiger partial charge in [0.2, 0.25) is 0 Å². The van der Waals surface area contributed by atoms with E-state index in [-0.39, 0.29) is 10.8 Å². The minimum atomic E-state index is -4.56. The van der Waals surface area contributed by atoms with E-state index in [0.717, 1.165) is 23.3 Å². The van der Waals surface area contributed by atoms with Crippen molar-refractivity contribution in [2.24, 2.45) is 0 Å². The van der Waals surface area contributed by atoms with Crippen LogP contribution in [0.4, 0.5) is 13.2 Å². The maximum Gasteiger partial charge on any atom is 0.435 e. The molecule has 0 saturated carbocycles. The molecule has 0 aliphatic carbocycles. The van der Waals surface area contributed by atoms with Gasteiger partial charge in [0.15, 0.2) is 16.5 Å². The van der Waals surface area contributed by atoms with Gasteiger partial charge >= 0.3 is 6.18 Å². The average molecular weight is 265 g/mol. The van der Waals surface area contributed by atoms with Gasteiger partial charge in [0, 0.05) is 6.20 Å². The molecule has 2 heterocycles. The number of rotatable bonds is 1. The standard InChI is InChI=1S/C8H4ClF3N4O/c9-5-6(13-3-14-7(5)17)16-2-1-4(15-16)8(10,11)12/h1-3H,(H,13,14,17). The number of hydrogen-bond donors (Lipinski definition) is 1. The largest absolute Gasteiger partial charge is 0.435 e. The Morgan fingerprint density at radius 3 is 2.71 bits per heavy atom. The lowest BCUT2D eigenvalue weighted by Gasteiger charge is -2.02. The first-order valence-corrected chi connectivity index (χ1v) is 4.64. The van der Waals surface area contributed by atoms with Crippen LogP contribution in [0.1, 0.15) is 5.69 Å². The summed E-state index contributed by atoms with van der Waals surface area (Å²) in [5, 5.41) is 2.92. The maximum absolute atomic E-state index is 12.3. The number of hydrogen-bond acceptors (Lipinski definition) is 3. The predicted molar refractivity (Wildman–Crippen MR) is 52.0 cm³/mol. The molecule has 0 amide bonds. The summed E-state index contributed by atoms with van der Waals surface area (Å²) in [7, 11) is 0. The Balaban J connectivity index is 2.52. The van der Waals surface area contributed by atoms with Crippen LogP contribution >= 0.6 is 11.6 Å². The fourth-order valence-corrected chi connectivity index (χ4v) is 1.32. The van der Waals surface area contributed by atoms with Crippen LogP contribution in [0.2, 0.25) is 5.02 Å². The van der Waals surface area contributed by atoms with Gasteiger partial charge < -0.3 is 4.98 Å². The zero-order chi connectivity index (χ0) is 12.6. The Morgan fingerprint density at radius 2 is 2.12 bits per heavy atom. The van der Waals surface area contributed by atoms with Gasteiger partial charge in [0.05, 0.1) is 6.33 Å². The molecule has 0 radical (unpaired) electrons. The van der Waals surface area contributed by atoms with Crippen molar-refractivity contribution in [3.05, 3.63) is 39.7 Å². The highest BCUT2D eigenvalue weighted by atomic mass is 35.5. The third-order valence-corrected chi connectivity index (χ3v) is 2.22. The number of alkyl halides is 3. The Kier molecular flexibility index (Phi) is 2.66. The third kappa shape index (κ3) is 2.16. The Morgan fingerprint density at radius 1 is 1.41 bits per heavy atom. The lowest BCUT2D eigenvalue weighted by Crippen LogP contribution is -2.13. The van der Waals surface area contributed by atoms with E-state index in [1.54, 1.807) is 0 Å². The molecule has 2 rings (SSSR count). The minimum Gasteiger partial charge on any atom is -0.312 e. The number of nitrogens with one attached hydrogen (secondary N) is 1. The normalized spacial score (nSPS) is 11.8. The SMILES string of the molecule is O=c1[nH]cnc(-n2ccc(C(F)(F)F)n2)c1Cl. The van der Waals surface area contributed by atoms with Crippen molar-refractivity contribution in [1.82, 2.24) is 19.7 Å². The first-order valence-electron chi connectivity index (χ1n) is 4.26. The summed E-state index contributed by atoms with van der Waals surface area (Å²) >= 11 is 5.60. The van der Waals surface area contributed by atoms with Crippen LogP contribution in [0.3, 0.4) is 0 Å². The van der Waals surface area contributed by atoms with Gasteiger partial charge in [-0.3, -0.25) is 4.79 Å². The fraction of sp³-hybridized carbons (Fsp3) is 0.125. The molecule has 0 atom stereocenters. The summed E-state index contributed by atoms with van der Waals surface area (Å²) < 4.78 is 37.7. The van der Waals surface area contributed by atoms with Crippen LogP contribution in [-0.2, 0) is 6.18 Å². The zero-order valence-corrected chi connectivity index (χ0v) is 8.75. The highest BCUT2D eigenvalue weighted by Gasteiger charge is 2.33. The van der Waals surface area contributed by atoms with Crippen LogP contribution in [0, 0.1) is 0 Å². The number of H-pyrrole nitrogens is 1. The van der Waals surface area contributed by atoms with Gasteiger partial charge in [-0.05, 0) is 6.07 Å². The van der Waals surface area contributed by atoms with Gasteiger partial charge in [0.25, 0.3) is 5.56 Å². The molecule has 2 aromatic heterocycles. The van der Waals surface area contributed by atoms with E-state index < -0.39 is 17.4 Å². The second kappa shape index (κ2) is 3.88. The molecule has 90 valence electrons. The second-order valence-electron chi connectivity index (χ2n) is 3.01. The van der Waals surface area contributed by atoms with Crippen LogP contribution < -0.4 is 5.56 Å². The van der Waals surface area contributed by atoms with Gasteiger partial charge in [-0.1, -0.05) is 11.6 Å². The molecule has 0 aromatic carbocycles. The number of aromatic nitrogens is 4. The van der Waals surface area contributed by atoms with Gasteiger partial charge in [-0.15, -0.1) is 0 Å². The van der Waals surface area contributed by atoms with E-state index in [4.69, 9.17) is 11.6 Å². The highest BCUT2D eigenvalue weighted by Crippen LogP contribution is 2.28. The highest BCUT2D eigenvalue weighted by molar-refractivity contribution is 6.31. The topological polar surface area (TPSA) is 63.6 Å². The molecule has 0 fully saturated rings. The van der Waals surface area contributed by atoms with Crippen LogP contribution in [0.25, 0.3) is 5.82 Å². The van der Waals surface area contributed by atoms with E-state index in [0.29, 0.717) is 0 Å². The second-order valence-corrected chi connectivity index (χ2v) is 3.39. The molecule has 1 N–H and O–H groups in total. The molecule has 17 heavy (non-hydrogen) atoms. The van der Waals surface area contributed by atoms with Crippen molar-refractivity contribution in [2.75, 3.05) is 0 Å². The lowest BCUT2D eigenvalue weighted by molar-refractivity contribution is -0.141. The summed E-state index contributed by atoms with van der Waals surface area (Å²) in [6.07, 6.45) is -2.51. The van der Waals surface area contributed by atoms with Crippen molar-refractivity contribution >= 4 is 11.6 Å². The molecule has 0 aliphatic rings. The molecule has 0 saturated heterocycles. The Labute approximate surface area is 96.9 Å². The first-order chi connectivity index (χ1) is 7.89. The number of aromatic amines is 1. The fourth-order valence-electron chi connectivity index (χ4n) is 1.13. The molecule has 0 spiro atoms.